The maximum Gasteiger partial charge on any atom is 0.251 e. The Morgan fingerprint density at radius 1 is 1.35 bits per heavy atom. The molecule has 1 N–H and O–H groups in total. The second-order valence-electron chi connectivity index (χ2n) is 4.47. The fourth-order valence-corrected chi connectivity index (χ4v) is 1.43. The molecule has 0 radical (unpaired) electrons. The standard InChI is InChI=1S/C13H19FN2O/c1-10(8-9-16(2)3)15-13(17)11-4-6-12(14)7-5-11/h4-7,10H,8-9H2,1-3H3,(H,15,17). The maximum absolute atomic E-state index is 12.7. The van der Waals surface area contributed by atoms with Crippen LogP contribution in [0.15, 0.2) is 24.3 Å². The number of rotatable bonds is 5. The second kappa shape index (κ2) is 6.35. The summed E-state index contributed by atoms with van der Waals surface area (Å²) in [5.41, 5.74) is 0.489. The Morgan fingerprint density at radius 3 is 2.47 bits per heavy atom. The van der Waals surface area contributed by atoms with Crippen LogP contribution in [0.25, 0.3) is 0 Å². The van der Waals surface area contributed by atoms with Gasteiger partial charge in [-0.25, -0.2) is 4.39 Å². The Bertz CT molecular complexity index is 362. The van der Waals surface area contributed by atoms with Crippen molar-refractivity contribution in [3.05, 3.63) is 35.6 Å². The monoisotopic (exact) mass is 238 g/mol. The fourth-order valence-electron chi connectivity index (χ4n) is 1.43. The van der Waals surface area contributed by atoms with Gasteiger partial charge in [-0.1, -0.05) is 0 Å². The summed E-state index contributed by atoms with van der Waals surface area (Å²) in [5, 5.41) is 2.88. The van der Waals surface area contributed by atoms with Crippen LogP contribution >= 0.6 is 0 Å². The molecule has 17 heavy (non-hydrogen) atoms. The Balaban J connectivity index is 2.46. The number of halogens is 1. The maximum atomic E-state index is 12.7. The van der Waals surface area contributed by atoms with Gasteiger partial charge in [-0.15, -0.1) is 0 Å². The summed E-state index contributed by atoms with van der Waals surface area (Å²) in [4.78, 5) is 13.8. The topological polar surface area (TPSA) is 32.3 Å². The summed E-state index contributed by atoms with van der Waals surface area (Å²) in [6.45, 7) is 2.88. The van der Waals surface area contributed by atoms with Crippen molar-refractivity contribution in [3.63, 3.8) is 0 Å². The van der Waals surface area contributed by atoms with Gasteiger partial charge in [0.05, 0.1) is 0 Å². The lowest BCUT2D eigenvalue weighted by molar-refractivity contribution is 0.0936. The first-order chi connectivity index (χ1) is 7.99. The molecule has 0 spiro atoms. The Kier molecular flexibility index (Phi) is 5.10. The third kappa shape index (κ3) is 4.95. The van der Waals surface area contributed by atoms with E-state index in [9.17, 15) is 9.18 Å². The highest BCUT2D eigenvalue weighted by Gasteiger charge is 2.09. The molecule has 0 saturated heterocycles. The first kappa shape index (κ1) is 13.6. The predicted octanol–water partition coefficient (Wildman–Crippen LogP) is 1.90. The van der Waals surface area contributed by atoms with Gasteiger partial charge in [-0.05, 0) is 58.3 Å². The van der Waals surface area contributed by atoms with Crippen molar-refractivity contribution in [2.75, 3.05) is 20.6 Å². The van der Waals surface area contributed by atoms with E-state index in [0.717, 1.165) is 13.0 Å². The molecule has 0 fully saturated rings. The summed E-state index contributed by atoms with van der Waals surface area (Å²) >= 11 is 0. The third-order valence-corrected chi connectivity index (χ3v) is 2.49. The molecule has 94 valence electrons. The largest absolute Gasteiger partial charge is 0.350 e. The molecule has 1 amide bonds. The number of amides is 1. The zero-order valence-corrected chi connectivity index (χ0v) is 10.5. The van der Waals surface area contributed by atoms with Crippen LogP contribution < -0.4 is 5.32 Å². The van der Waals surface area contributed by atoms with E-state index < -0.39 is 0 Å². The molecule has 1 rings (SSSR count). The SMILES string of the molecule is CC(CCN(C)C)NC(=O)c1ccc(F)cc1. The predicted molar refractivity (Wildman–Crippen MR) is 66.5 cm³/mol. The van der Waals surface area contributed by atoms with Gasteiger partial charge >= 0.3 is 0 Å². The van der Waals surface area contributed by atoms with Crippen molar-refractivity contribution in [2.45, 2.75) is 19.4 Å². The van der Waals surface area contributed by atoms with E-state index in [1.54, 1.807) is 0 Å². The Hall–Kier alpha value is -1.42. The summed E-state index contributed by atoms with van der Waals surface area (Å²) in [5.74, 6) is -0.488. The molecule has 0 aliphatic rings. The smallest absolute Gasteiger partial charge is 0.251 e. The van der Waals surface area contributed by atoms with E-state index in [4.69, 9.17) is 0 Å². The van der Waals surface area contributed by atoms with Crippen LogP contribution in [0, 0.1) is 5.82 Å². The zero-order chi connectivity index (χ0) is 12.8. The van der Waals surface area contributed by atoms with Crippen LogP contribution in [0.1, 0.15) is 23.7 Å². The molecular weight excluding hydrogens is 219 g/mol. The van der Waals surface area contributed by atoms with Crippen LogP contribution in [0.3, 0.4) is 0 Å². The number of nitrogens with one attached hydrogen (secondary N) is 1. The first-order valence-electron chi connectivity index (χ1n) is 5.70. The lowest BCUT2D eigenvalue weighted by Gasteiger charge is -2.16. The molecule has 0 aromatic heterocycles. The van der Waals surface area contributed by atoms with E-state index in [2.05, 4.69) is 10.2 Å². The van der Waals surface area contributed by atoms with Crippen molar-refractivity contribution in [1.29, 1.82) is 0 Å². The van der Waals surface area contributed by atoms with Gasteiger partial charge in [0, 0.05) is 11.6 Å². The number of nitrogens with zero attached hydrogens (tertiary/aromatic N) is 1. The summed E-state index contributed by atoms with van der Waals surface area (Å²) in [6, 6.07) is 5.67. The van der Waals surface area contributed by atoms with Gasteiger partial charge < -0.3 is 10.2 Å². The Labute approximate surface area is 102 Å². The molecule has 0 aliphatic carbocycles. The van der Waals surface area contributed by atoms with Gasteiger partial charge in [-0.3, -0.25) is 4.79 Å². The van der Waals surface area contributed by atoms with Crippen molar-refractivity contribution in [1.82, 2.24) is 10.2 Å². The lowest BCUT2D eigenvalue weighted by atomic mass is 10.1. The third-order valence-electron chi connectivity index (χ3n) is 2.49. The van der Waals surface area contributed by atoms with Crippen molar-refractivity contribution in [2.24, 2.45) is 0 Å². The molecule has 0 saturated carbocycles. The minimum absolute atomic E-state index is 0.106. The van der Waals surface area contributed by atoms with Crippen LogP contribution in [-0.2, 0) is 0 Å². The lowest BCUT2D eigenvalue weighted by Crippen LogP contribution is -2.34. The van der Waals surface area contributed by atoms with Crippen LogP contribution in [0.5, 0.6) is 0 Å². The van der Waals surface area contributed by atoms with E-state index in [1.165, 1.54) is 24.3 Å². The Morgan fingerprint density at radius 2 is 1.94 bits per heavy atom. The highest BCUT2D eigenvalue weighted by Crippen LogP contribution is 2.03. The molecule has 4 heteroatoms. The quantitative estimate of drug-likeness (QED) is 0.849. The van der Waals surface area contributed by atoms with Gasteiger partial charge in [0.25, 0.3) is 5.91 Å². The van der Waals surface area contributed by atoms with Crippen LogP contribution in [-0.4, -0.2) is 37.5 Å². The minimum Gasteiger partial charge on any atom is -0.350 e. The van der Waals surface area contributed by atoms with E-state index in [1.807, 2.05) is 21.0 Å². The average molecular weight is 238 g/mol. The van der Waals surface area contributed by atoms with Gasteiger partial charge in [0.15, 0.2) is 0 Å². The fraction of sp³-hybridized carbons (Fsp3) is 0.462. The first-order valence-corrected chi connectivity index (χ1v) is 5.70. The zero-order valence-electron chi connectivity index (χ0n) is 10.5. The van der Waals surface area contributed by atoms with Gasteiger partial charge in [0.1, 0.15) is 5.82 Å². The van der Waals surface area contributed by atoms with Crippen molar-refractivity contribution < 1.29 is 9.18 Å². The van der Waals surface area contributed by atoms with Crippen LogP contribution in [0.4, 0.5) is 4.39 Å². The van der Waals surface area contributed by atoms with Crippen LogP contribution in [0.2, 0.25) is 0 Å². The second-order valence-corrected chi connectivity index (χ2v) is 4.47. The summed E-state index contributed by atoms with van der Waals surface area (Å²) < 4.78 is 12.7. The summed E-state index contributed by atoms with van der Waals surface area (Å²) in [6.07, 6.45) is 0.889. The molecule has 1 atom stereocenters. The molecule has 3 nitrogen and oxygen atoms in total. The summed E-state index contributed by atoms with van der Waals surface area (Å²) in [7, 11) is 3.99. The number of hydrogen-bond acceptors (Lipinski definition) is 2. The van der Waals surface area contributed by atoms with Gasteiger partial charge in [-0.2, -0.15) is 0 Å². The number of hydrogen-bond donors (Lipinski definition) is 1. The molecule has 1 unspecified atom stereocenters. The van der Waals surface area contributed by atoms with Gasteiger partial charge in [0.2, 0.25) is 0 Å². The highest BCUT2D eigenvalue weighted by molar-refractivity contribution is 5.94. The molecule has 1 aromatic carbocycles. The molecule has 0 bridgehead atoms. The van der Waals surface area contributed by atoms with Crippen molar-refractivity contribution >= 4 is 5.91 Å². The molecular formula is C13H19FN2O. The number of carbonyl (C=O) groups excluding carboxylic acids is 1. The normalized spacial score (nSPS) is 12.5. The van der Waals surface area contributed by atoms with E-state index in [0.29, 0.717) is 5.56 Å². The van der Waals surface area contributed by atoms with Crippen molar-refractivity contribution in [3.8, 4) is 0 Å². The molecule has 1 aromatic rings. The van der Waals surface area contributed by atoms with E-state index in [-0.39, 0.29) is 17.8 Å². The molecule has 0 aliphatic heterocycles. The number of carbonyl (C=O) groups is 1. The minimum atomic E-state index is -0.331. The highest BCUT2D eigenvalue weighted by atomic mass is 19.1. The average Bonchev–Trinajstić information content (AvgIpc) is 2.27. The number of benzene rings is 1. The van der Waals surface area contributed by atoms with E-state index >= 15 is 0 Å². The molecule has 0 heterocycles.